The fourth-order valence-corrected chi connectivity index (χ4v) is 3.64. The molecule has 1 aliphatic carbocycles. The van der Waals surface area contributed by atoms with Crippen molar-refractivity contribution in [3.05, 3.63) is 18.0 Å². The Bertz CT molecular complexity index is 771. The maximum atomic E-state index is 12.5. The van der Waals surface area contributed by atoms with E-state index in [0.717, 1.165) is 12.8 Å². The molecule has 0 spiro atoms. The summed E-state index contributed by atoms with van der Waals surface area (Å²) >= 11 is 0. The zero-order chi connectivity index (χ0) is 15.2. The van der Waals surface area contributed by atoms with E-state index in [1.807, 2.05) is 0 Å². The summed E-state index contributed by atoms with van der Waals surface area (Å²) in [5.41, 5.74) is 0. The van der Waals surface area contributed by atoms with Gasteiger partial charge in [0.05, 0.1) is 13.2 Å². The number of nitrogens with zero attached hydrogens (tertiary/aromatic N) is 3. The van der Waals surface area contributed by atoms with Gasteiger partial charge in [0.15, 0.2) is 5.76 Å². The zero-order valence-electron chi connectivity index (χ0n) is 11.8. The molecule has 2 aromatic rings. The van der Waals surface area contributed by atoms with E-state index < -0.39 is 10.0 Å². The summed E-state index contributed by atoms with van der Waals surface area (Å²) in [7, 11) is -3.65. The second-order valence-electron chi connectivity index (χ2n) is 5.35. The molecule has 0 radical (unpaired) electrons. The van der Waals surface area contributed by atoms with Gasteiger partial charge in [0.2, 0.25) is 11.0 Å². The van der Waals surface area contributed by atoms with Crippen LogP contribution in [0.15, 0.2) is 26.1 Å². The number of furan rings is 1. The Kier molecular flexibility index (Phi) is 3.28. The van der Waals surface area contributed by atoms with Crippen LogP contribution in [-0.2, 0) is 14.8 Å². The molecule has 2 aliphatic rings. The predicted octanol–water partition coefficient (Wildman–Crippen LogP) is 1.23. The Labute approximate surface area is 127 Å². The molecule has 0 bridgehead atoms. The number of ether oxygens (including phenoxy) is 1. The van der Waals surface area contributed by atoms with Gasteiger partial charge >= 0.3 is 0 Å². The predicted molar refractivity (Wildman–Crippen MR) is 73.6 cm³/mol. The van der Waals surface area contributed by atoms with Gasteiger partial charge in [-0.3, -0.25) is 0 Å². The van der Waals surface area contributed by atoms with Crippen LogP contribution in [0.4, 0.5) is 0 Å². The molecule has 1 saturated carbocycles. The minimum absolute atomic E-state index is 0.115. The molecule has 2 aromatic heterocycles. The maximum absolute atomic E-state index is 12.5. The van der Waals surface area contributed by atoms with Crippen molar-refractivity contribution in [1.82, 2.24) is 14.5 Å². The maximum Gasteiger partial charge on any atom is 0.283 e. The molecule has 4 rings (SSSR count). The van der Waals surface area contributed by atoms with Crippen molar-refractivity contribution in [3.8, 4) is 11.7 Å². The topological polar surface area (TPSA) is 98.7 Å². The molecule has 118 valence electrons. The van der Waals surface area contributed by atoms with Crippen LogP contribution in [0.2, 0.25) is 0 Å². The molecule has 0 N–H and O–H groups in total. The van der Waals surface area contributed by atoms with Gasteiger partial charge in [-0.25, -0.2) is 8.42 Å². The highest BCUT2D eigenvalue weighted by atomic mass is 32.2. The summed E-state index contributed by atoms with van der Waals surface area (Å²) in [4.78, 5) is 0. The van der Waals surface area contributed by atoms with Crippen molar-refractivity contribution in [2.45, 2.75) is 23.9 Å². The van der Waals surface area contributed by atoms with Gasteiger partial charge in [0.25, 0.3) is 15.9 Å². The summed E-state index contributed by atoms with van der Waals surface area (Å²) in [5, 5.41) is 7.76. The average Bonchev–Trinajstić information content (AvgIpc) is 3.06. The smallest absolute Gasteiger partial charge is 0.283 e. The summed E-state index contributed by atoms with van der Waals surface area (Å²) in [5.74, 6) is 1.41. The summed E-state index contributed by atoms with van der Waals surface area (Å²) in [6.07, 6.45) is 2.10. The summed E-state index contributed by atoms with van der Waals surface area (Å²) < 4.78 is 42.4. The Balaban J connectivity index is 1.59. The first-order valence-corrected chi connectivity index (χ1v) is 8.60. The van der Waals surface area contributed by atoms with Gasteiger partial charge in [0.1, 0.15) is 0 Å². The zero-order valence-corrected chi connectivity index (χ0v) is 12.6. The number of hydrogen-bond acceptors (Lipinski definition) is 7. The van der Waals surface area contributed by atoms with E-state index in [1.54, 1.807) is 0 Å². The Morgan fingerprint density at radius 1 is 1.09 bits per heavy atom. The highest BCUT2D eigenvalue weighted by Gasteiger charge is 2.32. The van der Waals surface area contributed by atoms with Crippen molar-refractivity contribution in [3.63, 3.8) is 0 Å². The van der Waals surface area contributed by atoms with Crippen LogP contribution in [0, 0.1) is 0 Å². The van der Waals surface area contributed by atoms with Gasteiger partial charge in [-0.2, -0.15) is 4.31 Å². The molecule has 0 amide bonds. The lowest BCUT2D eigenvalue weighted by atomic mass is 10.4. The lowest BCUT2D eigenvalue weighted by molar-refractivity contribution is 0.0724. The number of aromatic nitrogens is 2. The second kappa shape index (κ2) is 5.18. The molecule has 0 unspecified atom stereocenters. The van der Waals surface area contributed by atoms with Crippen LogP contribution in [-0.4, -0.2) is 49.2 Å². The SMILES string of the molecule is O=S(=O)(c1ccc(-c2nnc(C3CC3)o2)o1)N1CCOCC1. The largest absolute Gasteiger partial charge is 0.438 e. The monoisotopic (exact) mass is 325 g/mol. The molecule has 0 aromatic carbocycles. The van der Waals surface area contributed by atoms with Crippen molar-refractivity contribution in [1.29, 1.82) is 0 Å². The van der Waals surface area contributed by atoms with Crippen molar-refractivity contribution in [2.24, 2.45) is 0 Å². The standard InChI is InChI=1S/C13H15N3O5S/c17-22(18,16-5-7-19-8-6-16)11-4-3-10(20-11)13-15-14-12(21-13)9-1-2-9/h3-4,9H,1-2,5-8H2. The first-order chi connectivity index (χ1) is 10.6. The van der Waals surface area contributed by atoms with Crippen molar-refractivity contribution < 1.29 is 22.0 Å². The molecular weight excluding hydrogens is 310 g/mol. The third kappa shape index (κ3) is 2.44. The van der Waals surface area contributed by atoms with E-state index in [0.29, 0.717) is 38.1 Å². The highest BCUT2D eigenvalue weighted by Crippen LogP contribution is 2.40. The average molecular weight is 325 g/mol. The number of morpholine rings is 1. The second-order valence-corrected chi connectivity index (χ2v) is 7.22. The van der Waals surface area contributed by atoms with E-state index >= 15 is 0 Å². The number of sulfonamides is 1. The van der Waals surface area contributed by atoms with Crippen molar-refractivity contribution in [2.75, 3.05) is 26.3 Å². The van der Waals surface area contributed by atoms with Gasteiger partial charge in [-0.15, -0.1) is 10.2 Å². The molecule has 1 aliphatic heterocycles. The van der Waals surface area contributed by atoms with Crippen molar-refractivity contribution >= 4 is 10.0 Å². The fourth-order valence-electron chi connectivity index (χ4n) is 2.32. The van der Waals surface area contributed by atoms with Gasteiger partial charge in [-0.05, 0) is 25.0 Å². The third-order valence-electron chi connectivity index (χ3n) is 3.72. The van der Waals surface area contributed by atoms with Crippen LogP contribution < -0.4 is 0 Å². The third-order valence-corrected chi connectivity index (χ3v) is 5.50. The molecule has 1 saturated heterocycles. The molecule has 8 nitrogen and oxygen atoms in total. The minimum Gasteiger partial charge on any atom is -0.438 e. The molecule has 0 atom stereocenters. The quantitative estimate of drug-likeness (QED) is 0.833. The van der Waals surface area contributed by atoms with E-state index in [2.05, 4.69) is 10.2 Å². The normalized spacial score (nSPS) is 20.4. The Morgan fingerprint density at radius 2 is 1.86 bits per heavy atom. The van der Waals surface area contributed by atoms with E-state index in [-0.39, 0.29) is 16.7 Å². The molecule has 22 heavy (non-hydrogen) atoms. The lowest BCUT2D eigenvalue weighted by Gasteiger charge is -2.24. The van der Waals surface area contributed by atoms with Crippen LogP contribution in [0.5, 0.6) is 0 Å². The summed E-state index contributed by atoms with van der Waals surface area (Å²) in [6, 6.07) is 2.96. The minimum atomic E-state index is -3.65. The van der Waals surface area contributed by atoms with Crippen LogP contribution in [0.25, 0.3) is 11.7 Å². The fraction of sp³-hybridized carbons (Fsp3) is 0.538. The Hall–Kier alpha value is -1.71. The first kappa shape index (κ1) is 13.9. The molecule has 3 heterocycles. The van der Waals surface area contributed by atoms with Crippen LogP contribution in [0.3, 0.4) is 0 Å². The highest BCUT2D eigenvalue weighted by molar-refractivity contribution is 7.89. The molecule has 9 heteroatoms. The lowest BCUT2D eigenvalue weighted by Crippen LogP contribution is -2.40. The van der Waals surface area contributed by atoms with Gasteiger partial charge in [-0.1, -0.05) is 0 Å². The first-order valence-electron chi connectivity index (χ1n) is 7.16. The van der Waals surface area contributed by atoms with E-state index in [4.69, 9.17) is 13.6 Å². The molecule has 2 fully saturated rings. The number of rotatable bonds is 4. The van der Waals surface area contributed by atoms with E-state index in [1.165, 1.54) is 16.4 Å². The molecular formula is C13H15N3O5S. The van der Waals surface area contributed by atoms with Gasteiger partial charge < -0.3 is 13.6 Å². The Morgan fingerprint density at radius 3 is 2.59 bits per heavy atom. The number of hydrogen-bond donors (Lipinski definition) is 0. The van der Waals surface area contributed by atoms with Gasteiger partial charge in [0, 0.05) is 19.0 Å². The van der Waals surface area contributed by atoms with Crippen LogP contribution >= 0.6 is 0 Å². The van der Waals surface area contributed by atoms with E-state index in [9.17, 15) is 8.42 Å². The van der Waals surface area contributed by atoms with Crippen LogP contribution in [0.1, 0.15) is 24.7 Å². The summed E-state index contributed by atoms with van der Waals surface area (Å²) in [6.45, 7) is 1.43.